The molecule has 0 heterocycles. The Morgan fingerprint density at radius 1 is 1.47 bits per heavy atom. The number of esters is 1. The van der Waals surface area contributed by atoms with Crippen LogP contribution in [0.3, 0.4) is 0 Å². The average molecular weight is 355 g/mol. The maximum absolute atomic E-state index is 12.8. The normalized spacial score (nSPS) is 10.8. The zero-order valence-electron chi connectivity index (χ0n) is 8.43. The number of hydrogen-bond donors (Lipinski definition) is 0. The molecule has 0 amide bonds. The van der Waals surface area contributed by atoms with Crippen LogP contribution >= 0.6 is 22.6 Å². The number of hydrogen-bond acceptors (Lipinski definition) is 3. The fraction of sp³-hybridized carbons (Fsp3) is 0.200. The first-order chi connectivity index (χ1) is 7.82. The molecule has 3 nitrogen and oxygen atoms in total. The number of carbonyl (C=O) groups excluding carboxylic acids is 1. The number of ether oxygens (including phenoxy) is 1. The lowest BCUT2D eigenvalue weighted by molar-refractivity contribution is -0.138. The largest absolute Gasteiger partial charge is 0.465 e. The van der Waals surface area contributed by atoms with Crippen molar-refractivity contribution in [2.45, 2.75) is 6.18 Å². The van der Waals surface area contributed by atoms with Crippen molar-refractivity contribution in [3.8, 4) is 6.07 Å². The predicted molar refractivity (Wildman–Crippen MR) is 60.2 cm³/mol. The van der Waals surface area contributed by atoms with E-state index in [1.54, 1.807) is 22.6 Å². The van der Waals surface area contributed by atoms with Crippen molar-refractivity contribution in [2.24, 2.45) is 0 Å². The molecular formula is C10H5F3INO2. The van der Waals surface area contributed by atoms with Crippen molar-refractivity contribution in [3.63, 3.8) is 0 Å². The molecule has 0 fully saturated rings. The fourth-order valence-electron chi connectivity index (χ4n) is 1.27. The molecule has 0 saturated heterocycles. The Bertz CT molecular complexity index is 505. The second kappa shape index (κ2) is 4.91. The van der Waals surface area contributed by atoms with E-state index < -0.39 is 28.8 Å². The molecule has 90 valence electrons. The predicted octanol–water partition coefficient (Wildman–Crippen LogP) is 2.97. The molecule has 0 saturated carbocycles. The Hall–Kier alpha value is -1.30. The van der Waals surface area contributed by atoms with Gasteiger partial charge in [0, 0.05) is 3.57 Å². The highest BCUT2D eigenvalue weighted by atomic mass is 127. The smallest absolute Gasteiger partial charge is 0.418 e. The third-order valence-corrected chi connectivity index (χ3v) is 2.85. The number of benzene rings is 1. The summed E-state index contributed by atoms with van der Waals surface area (Å²) in [5.41, 5.74) is -2.48. The Balaban J connectivity index is 3.68. The Morgan fingerprint density at radius 2 is 2.06 bits per heavy atom. The van der Waals surface area contributed by atoms with Crippen molar-refractivity contribution >= 4 is 28.6 Å². The molecule has 7 heteroatoms. The summed E-state index contributed by atoms with van der Waals surface area (Å²) in [5.74, 6) is -1.11. The molecule has 0 spiro atoms. The molecule has 0 aliphatic carbocycles. The van der Waals surface area contributed by atoms with E-state index >= 15 is 0 Å². The van der Waals surface area contributed by atoms with Gasteiger partial charge in [-0.1, -0.05) is 0 Å². The van der Waals surface area contributed by atoms with Gasteiger partial charge in [0.25, 0.3) is 0 Å². The van der Waals surface area contributed by atoms with E-state index in [1.165, 1.54) is 12.1 Å². The molecular weight excluding hydrogens is 350 g/mol. The molecule has 0 bridgehead atoms. The van der Waals surface area contributed by atoms with Crippen LogP contribution in [0.1, 0.15) is 21.5 Å². The van der Waals surface area contributed by atoms with E-state index in [-0.39, 0.29) is 3.57 Å². The van der Waals surface area contributed by atoms with Gasteiger partial charge in [0.2, 0.25) is 0 Å². The summed E-state index contributed by atoms with van der Waals surface area (Å²) in [4.78, 5) is 11.3. The molecule has 1 rings (SSSR count). The van der Waals surface area contributed by atoms with E-state index in [0.29, 0.717) is 0 Å². The Labute approximate surface area is 108 Å². The van der Waals surface area contributed by atoms with Gasteiger partial charge in [0.05, 0.1) is 29.9 Å². The molecule has 1 aromatic rings. The fourth-order valence-corrected chi connectivity index (χ4v) is 1.94. The molecule has 0 aromatic heterocycles. The average Bonchev–Trinajstić information content (AvgIpc) is 2.26. The van der Waals surface area contributed by atoms with Gasteiger partial charge in [-0.3, -0.25) is 0 Å². The van der Waals surface area contributed by atoms with Gasteiger partial charge in [-0.25, -0.2) is 4.79 Å². The Morgan fingerprint density at radius 3 is 2.47 bits per heavy atom. The van der Waals surface area contributed by atoms with Crippen LogP contribution in [-0.4, -0.2) is 13.1 Å². The SMILES string of the molecule is COC(=O)c1c(I)ccc(C#N)c1C(F)(F)F. The van der Waals surface area contributed by atoms with Crippen LogP contribution in [0, 0.1) is 14.9 Å². The molecule has 0 unspecified atom stereocenters. The van der Waals surface area contributed by atoms with Crippen molar-refractivity contribution in [1.82, 2.24) is 0 Å². The van der Waals surface area contributed by atoms with E-state index in [9.17, 15) is 18.0 Å². The summed E-state index contributed by atoms with van der Waals surface area (Å²) in [6, 6.07) is 3.71. The van der Waals surface area contributed by atoms with E-state index in [2.05, 4.69) is 4.74 Å². The maximum Gasteiger partial charge on any atom is 0.418 e. The molecule has 0 atom stereocenters. The zero-order valence-corrected chi connectivity index (χ0v) is 10.6. The van der Waals surface area contributed by atoms with Gasteiger partial charge < -0.3 is 4.74 Å². The summed E-state index contributed by atoms with van der Waals surface area (Å²) < 4.78 is 42.8. The van der Waals surface area contributed by atoms with E-state index in [1.807, 2.05) is 0 Å². The molecule has 0 aliphatic rings. The van der Waals surface area contributed by atoms with Crippen molar-refractivity contribution in [2.75, 3.05) is 7.11 Å². The maximum atomic E-state index is 12.8. The highest BCUT2D eigenvalue weighted by molar-refractivity contribution is 14.1. The van der Waals surface area contributed by atoms with E-state index in [4.69, 9.17) is 5.26 Å². The first-order valence-electron chi connectivity index (χ1n) is 4.21. The molecule has 17 heavy (non-hydrogen) atoms. The molecule has 0 N–H and O–H groups in total. The summed E-state index contributed by atoms with van der Waals surface area (Å²) >= 11 is 1.59. The lowest BCUT2D eigenvalue weighted by Crippen LogP contribution is -2.17. The molecule has 1 aromatic carbocycles. The van der Waals surface area contributed by atoms with E-state index in [0.717, 1.165) is 13.2 Å². The number of alkyl halides is 3. The number of nitriles is 1. The third kappa shape index (κ3) is 2.69. The monoisotopic (exact) mass is 355 g/mol. The number of carbonyl (C=O) groups is 1. The summed E-state index contributed by atoms with van der Waals surface area (Å²) in [6.07, 6.45) is -4.78. The minimum atomic E-state index is -4.78. The highest BCUT2D eigenvalue weighted by Crippen LogP contribution is 2.36. The van der Waals surface area contributed by atoms with Crippen LogP contribution in [0.15, 0.2) is 12.1 Å². The third-order valence-electron chi connectivity index (χ3n) is 1.95. The van der Waals surface area contributed by atoms with Gasteiger partial charge in [0.1, 0.15) is 0 Å². The topological polar surface area (TPSA) is 50.1 Å². The van der Waals surface area contributed by atoms with Crippen molar-refractivity contribution in [1.29, 1.82) is 5.26 Å². The van der Waals surface area contributed by atoms with Gasteiger partial charge in [-0.15, -0.1) is 0 Å². The first-order valence-corrected chi connectivity index (χ1v) is 5.29. The lowest BCUT2D eigenvalue weighted by atomic mass is 10.0. The van der Waals surface area contributed by atoms with Crippen LogP contribution in [0.5, 0.6) is 0 Å². The number of methoxy groups -OCH3 is 1. The molecule has 0 radical (unpaired) electrons. The highest BCUT2D eigenvalue weighted by Gasteiger charge is 2.39. The standard InChI is InChI=1S/C10H5F3INO2/c1-17-9(16)7-6(14)3-2-5(4-15)8(7)10(11,12)13/h2-3H,1H3. The summed E-state index contributed by atoms with van der Waals surface area (Å²) in [7, 11) is 0.984. The lowest BCUT2D eigenvalue weighted by Gasteiger charge is -2.14. The van der Waals surface area contributed by atoms with Gasteiger partial charge in [-0.2, -0.15) is 18.4 Å². The van der Waals surface area contributed by atoms with Gasteiger partial charge >= 0.3 is 12.1 Å². The zero-order chi connectivity index (χ0) is 13.2. The second-order valence-electron chi connectivity index (χ2n) is 2.95. The summed E-state index contributed by atoms with van der Waals surface area (Å²) in [6.45, 7) is 0. The summed E-state index contributed by atoms with van der Waals surface area (Å²) in [5, 5.41) is 8.65. The van der Waals surface area contributed by atoms with Crippen LogP contribution in [0.25, 0.3) is 0 Å². The quantitative estimate of drug-likeness (QED) is 0.575. The molecule has 0 aliphatic heterocycles. The van der Waals surface area contributed by atoms with Gasteiger partial charge in [0.15, 0.2) is 0 Å². The van der Waals surface area contributed by atoms with Crippen LogP contribution < -0.4 is 0 Å². The van der Waals surface area contributed by atoms with Crippen LogP contribution in [0.4, 0.5) is 13.2 Å². The van der Waals surface area contributed by atoms with Gasteiger partial charge in [-0.05, 0) is 34.7 Å². The Kier molecular flexibility index (Phi) is 3.98. The number of rotatable bonds is 1. The minimum Gasteiger partial charge on any atom is -0.465 e. The van der Waals surface area contributed by atoms with Crippen LogP contribution in [-0.2, 0) is 10.9 Å². The second-order valence-corrected chi connectivity index (χ2v) is 4.11. The first kappa shape index (κ1) is 13.8. The number of nitrogens with zero attached hydrogens (tertiary/aromatic N) is 1. The van der Waals surface area contributed by atoms with Crippen molar-refractivity contribution in [3.05, 3.63) is 32.4 Å². The number of halogens is 4. The van der Waals surface area contributed by atoms with Crippen LogP contribution in [0.2, 0.25) is 0 Å². The minimum absolute atomic E-state index is 0.0841. The van der Waals surface area contributed by atoms with Crippen molar-refractivity contribution < 1.29 is 22.7 Å².